The Labute approximate surface area is 221 Å². The zero-order chi connectivity index (χ0) is 27.2. The maximum atomic E-state index is 13.0. The molecule has 2 aromatic heterocycles. The standard InChI is InChI=1S/C27H29F3N4O3S/c1-16-14-21(27(28,29)30)32-34(16)15-22(35)33-12-10-18(11-13-33)25-31-23(26(36)37)24(38(25)2)20-9-5-7-17-6-3-4-8-19(17)20/h3-4,6,8,14,18,20H,5,7,9-13,15H2,1-2H3/p+1. The highest BCUT2D eigenvalue weighted by atomic mass is 32.2. The molecule has 1 aliphatic heterocycles. The van der Waals surface area contributed by atoms with Crippen LogP contribution in [0.3, 0.4) is 0 Å². The lowest BCUT2D eigenvalue weighted by Crippen LogP contribution is -2.40. The van der Waals surface area contributed by atoms with Crippen LogP contribution in [-0.2, 0) is 30.2 Å². The van der Waals surface area contributed by atoms with E-state index in [1.807, 2.05) is 12.1 Å². The van der Waals surface area contributed by atoms with Gasteiger partial charge in [0.25, 0.3) is 0 Å². The molecule has 0 spiro atoms. The van der Waals surface area contributed by atoms with Gasteiger partial charge in [-0.2, -0.15) is 23.3 Å². The van der Waals surface area contributed by atoms with Crippen molar-refractivity contribution in [1.82, 2.24) is 19.7 Å². The summed E-state index contributed by atoms with van der Waals surface area (Å²) in [5, 5.41) is 14.5. The number of aryl methyl sites for hydroxylation is 2. The molecule has 7 nitrogen and oxygen atoms in total. The first-order valence-corrected chi connectivity index (χ1v) is 14.4. The Morgan fingerprint density at radius 3 is 2.53 bits per heavy atom. The first-order chi connectivity index (χ1) is 18.0. The van der Waals surface area contributed by atoms with Crippen molar-refractivity contribution in [3.63, 3.8) is 0 Å². The molecule has 5 rings (SSSR count). The number of carboxylic acids is 1. The Balaban J connectivity index is 1.32. The molecule has 2 aliphatic rings. The second-order valence-electron chi connectivity index (χ2n) is 10.1. The average Bonchev–Trinajstić information content (AvgIpc) is 3.43. The van der Waals surface area contributed by atoms with Crippen LogP contribution in [0.15, 0.2) is 30.3 Å². The van der Waals surface area contributed by atoms with Gasteiger partial charge in [-0.1, -0.05) is 24.3 Å². The molecule has 1 fully saturated rings. The largest absolute Gasteiger partial charge is 0.476 e. The van der Waals surface area contributed by atoms with Crippen molar-refractivity contribution in [2.24, 2.45) is 6.26 Å². The fraction of sp³-hybridized carbons (Fsp3) is 0.481. The van der Waals surface area contributed by atoms with Gasteiger partial charge in [0.05, 0.1) is 11.8 Å². The normalized spacial score (nSPS) is 18.9. The maximum Gasteiger partial charge on any atom is 0.435 e. The number of fused-ring (bicyclic) bond motifs is 1. The number of aromatic carboxylic acids is 1. The van der Waals surface area contributed by atoms with E-state index in [2.05, 4.69) is 28.5 Å². The molecule has 202 valence electrons. The predicted molar refractivity (Wildman–Crippen MR) is 136 cm³/mol. The number of piperidine rings is 1. The second-order valence-corrected chi connectivity index (χ2v) is 12.0. The van der Waals surface area contributed by atoms with Crippen LogP contribution in [-0.4, -0.2) is 49.7 Å². The molecule has 1 aromatic carbocycles. The molecule has 2 unspecified atom stereocenters. The van der Waals surface area contributed by atoms with E-state index >= 15 is 0 Å². The molecule has 3 heterocycles. The van der Waals surface area contributed by atoms with Crippen LogP contribution >= 0.6 is 10.5 Å². The number of hydrogen-bond donors (Lipinski definition) is 1. The number of hydrogen-bond acceptors (Lipinski definition) is 4. The van der Waals surface area contributed by atoms with Crippen molar-refractivity contribution >= 4 is 22.3 Å². The summed E-state index contributed by atoms with van der Waals surface area (Å²) < 4.78 is 40.0. The minimum absolute atomic E-state index is 0.0428. The van der Waals surface area contributed by atoms with Crippen molar-refractivity contribution in [2.75, 3.05) is 13.1 Å². The molecule has 3 aromatic rings. The van der Waals surface area contributed by atoms with Crippen LogP contribution in [0.5, 0.6) is 0 Å². The molecule has 2 atom stereocenters. The van der Waals surface area contributed by atoms with E-state index in [4.69, 9.17) is 0 Å². The van der Waals surface area contributed by atoms with E-state index in [0.717, 1.165) is 39.9 Å². The third-order valence-corrected chi connectivity index (χ3v) is 9.93. The summed E-state index contributed by atoms with van der Waals surface area (Å²) in [5.41, 5.74) is 1.91. The quantitative estimate of drug-likeness (QED) is 0.429. The monoisotopic (exact) mass is 547 g/mol. The van der Waals surface area contributed by atoms with Gasteiger partial charge in [-0.3, -0.25) is 9.48 Å². The summed E-state index contributed by atoms with van der Waals surface area (Å²) in [6.45, 7) is 2.13. The highest BCUT2D eigenvalue weighted by Gasteiger charge is 2.41. The minimum Gasteiger partial charge on any atom is -0.476 e. The van der Waals surface area contributed by atoms with Crippen molar-refractivity contribution < 1.29 is 27.9 Å². The number of rotatable bonds is 5. The number of carboxylic acid groups (broad SMARTS) is 1. The molecule has 0 saturated carbocycles. The number of benzene rings is 1. The molecule has 1 aliphatic carbocycles. The van der Waals surface area contributed by atoms with Crippen molar-refractivity contribution in [3.05, 3.63) is 68.4 Å². The molecular formula is C27H30F3N4O3S+. The number of carbonyl (C=O) groups excluding carboxylic acids is 1. The van der Waals surface area contributed by atoms with Crippen LogP contribution in [0.2, 0.25) is 0 Å². The van der Waals surface area contributed by atoms with Gasteiger partial charge in [-0.25, -0.2) is 4.79 Å². The lowest BCUT2D eigenvalue weighted by atomic mass is 9.81. The highest BCUT2D eigenvalue weighted by Crippen LogP contribution is 2.47. The van der Waals surface area contributed by atoms with Gasteiger partial charge < -0.3 is 10.0 Å². The fourth-order valence-electron chi connectivity index (χ4n) is 5.80. The Bertz CT molecular complexity index is 1370. The van der Waals surface area contributed by atoms with Gasteiger partial charge >= 0.3 is 12.1 Å². The molecule has 1 amide bonds. The van der Waals surface area contributed by atoms with Crippen LogP contribution in [0.25, 0.3) is 0 Å². The van der Waals surface area contributed by atoms with Gasteiger partial charge in [0.15, 0.2) is 10.6 Å². The first kappa shape index (κ1) is 26.4. The summed E-state index contributed by atoms with van der Waals surface area (Å²) in [7, 11) is -0.439. The van der Waals surface area contributed by atoms with Crippen LogP contribution in [0.1, 0.15) is 80.4 Å². The number of carbonyl (C=O) groups is 2. The lowest BCUT2D eigenvalue weighted by Gasteiger charge is -2.30. The number of halogens is 3. The van der Waals surface area contributed by atoms with Crippen molar-refractivity contribution in [1.29, 1.82) is 0 Å². The van der Waals surface area contributed by atoms with Gasteiger partial charge in [0.1, 0.15) is 12.8 Å². The van der Waals surface area contributed by atoms with E-state index in [0.29, 0.717) is 25.9 Å². The van der Waals surface area contributed by atoms with Crippen LogP contribution < -0.4 is 0 Å². The molecule has 1 N–H and O–H groups in total. The summed E-state index contributed by atoms with van der Waals surface area (Å²) in [4.78, 5) is 32.4. The molecule has 0 radical (unpaired) electrons. The summed E-state index contributed by atoms with van der Waals surface area (Å²) in [6, 6.07) is 9.19. The third-order valence-electron chi connectivity index (χ3n) is 7.74. The Morgan fingerprint density at radius 1 is 1.16 bits per heavy atom. The zero-order valence-corrected chi connectivity index (χ0v) is 22.1. The SMILES string of the molecule is Cc1cc(C(F)(F)F)nn1CC(=O)N1CCC(c2nc(C(=O)O)c(C3CCCc4ccccc43)[s+]2C)CC1. The van der Waals surface area contributed by atoms with Crippen LogP contribution in [0.4, 0.5) is 13.2 Å². The Hall–Kier alpha value is -3.21. The van der Waals surface area contributed by atoms with Gasteiger partial charge in [0, 0.05) is 29.3 Å². The van der Waals surface area contributed by atoms with Crippen molar-refractivity contribution in [2.45, 2.75) is 63.6 Å². The predicted octanol–water partition coefficient (Wildman–Crippen LogP) is 5.46. The van der Waals surface area contributed by atoms with Gasteiger partial charge in [-0.15, -0.1) is 0 Å². The maximum absolute atomic E-state index is 13.0. The topological polar surface area (TPSA) is 88.3 Å². The third kappa shape index (κ3) is 4.95. The Morgan fingerprint density at radius 2 is 1.87 bits per heavy atom. The first-order valence-electron chi connectivity index (χ1n) is 12.7. The van der Waals surface area contributed by atoms with E-state index < -0.39 is 28.3 Å². The molecular weight excluding hydrogens is 517 g/mol. The smallest absolute Gasteiger partial charge is 0.435 e. The highest BCUT2D eigenvalue weighted by molar-refractivity contribution is 7.30. The lowest BCUT2D eigenvalue weighted by molar-refractivity contribution is -0.142. The number of alkyl halides is 3. The number of amides is 1. The molecule has 11 heteroatoms. The molecule has 38 heavy (non-hydrogen) atoms. The van der Waals surface area contributed by atoms with E-state index in [9.17, 15) is 27.9 Å². The van der Waals surface area contributed by atoms with Crippen molar-refractivity contribution in [3.8, 4) is 0 Å². The summed E-state index contributed by atoms with van der Waals surface area (Å²) >= 11 is 0. The van der Waals surface area contributed by atoms with Gasteiger partial charge in [0.2, 0.25) is 16.6 Å². The van der Waals surface area contributed by atoms with E-state index in [1.165, 1.54) is 18.1 Å². The number of aromatic nitrogens is 3. The summed E-state index contributed by atoms with van der Waals surface area (Å²) in [6.07, 6.45) is 1.68. The number of likely N-dealkylation sites (tertiary alicyclic amines) is 1. The average molecular weight is 548 g/mol. The minimum atomic E-state index is -4.56. The molecule has 1 saturated heterocycles. The van der Waals surface area contributed by atoms with Gasteiger partial charge in [-0.05, 0) is 56.2 Å². The second kappa shape index (κ2) is 10.2. The number of thiazole rings is 1. The zero-order valence-electron chi connectivity index (χ0n) is 21.3. The van der Waals surface area contributed by atoms with E-state index in [-0.39, 0.29) is 35.7 Å². The number of nitrogens with zero attached hydrogens (tertiary/aromatic N) is 4. The van der Waals surface area contributed by atoms with E-state index in [1.54, 1.807) is 4.90 Å². The van der Waals surface area contributed by atoms with Crippen LogP contribution in [0, 0.1) is 6.92 Å². The summed E-state index contributed by atoms with van der Waals surface area (Å²) in [5.74, 6) is -1.18. The Kier molecular flexibility index (Phi) is 7.06. The molecule has 0 bridgehead atoms. The fourth-order valence-corrected chi connectivity index (χ4v) is 8.09.